The first-order chi connectivity index (χ1) is 11.7. The molecule has 2 aromatic heterocycles. The maximum atomic E-state index is 13.3. The molecule has 4 aromatic rings. The lowest BCUT2D eigenvalue weighted by molar-refractivity contribution is 0.628. The van der Waals surface area contributed by atoms with Crippen molar-refractivity contribution in [3.05, 3.63) is 72.3 Å². The predicted octanol–water partition coefficient (Wildman–Crippen LogP) is 4.35. The Bertz CT molecular complexity index is 1020. The third-order valence-corrected chi connectivity index (χ3v) is 3.89. The average molecular weight is 340 g/mol. The molecule has 0 radical (unpaired) electrons. The zero-order chi connectivity index (χ0) is 16.5. The molecule has 118 valence electrons. The van der Waals surface area contributed by atoms with Gasteiger partial charge in [0.2, 0.25) is 0 Å². The first-order valence-electron chi connectivity index (χ1n) is 7.16. The molecular weight excluding hydrogens is 329 g/mol. The quantitative estimate of drug-likeness (QED) is 0.603. The van der Waals surface area contributed by atoms with Crippen LogP contribution in [-0.2, 0) is 0 Å². The minimum Gasteiger partial charge on any atom is -0.340 e. The molecule has 0 fully saturated rings. The molecular formula is C17H11ClFN5. The van der Waals surface area contributed by atoms with E-state index in [9.17, 15) is 4.39 Å². The lowest BCUT2D eigenvalue weighted by Gasteiger charge is -2.10. The highest BCUT2D eigenvalue weighted by Gasteiger charge is 2.07. The number of hydrogen-bond acceptors (Lipinski definition) is 4. The van der Waals surface area contributed by atoms with Crippen molar-refractivity contribution >= 4 is 34.0 Å². The molecule has 0 amide bonds. The average Bonchev–Trinajstić information content (AvgIpc) is 3.13. The number of hydrogen-bond donors (Lipinski definition) is 1. The van der Waals surface area contributed by atoms with E-state index in [4.69, 9.17) is 11.6 Å². The molecule has 0 aliphatic rings. The Labute approximate surface area is 141 Å². The van der Waals surface area contributed by atoms with E-state index < -0.39 is 5.82 Å². The molecule has 0 saturated carbocycles. The summed E-state index contributed by atoms with van der Waals surface area (Å²) in [5, 5.41) is 4.05. The number of aromatic nitrogens is 4. The van der Waals surface area contributed by atoms with Gasteiger partial charge in [0, 0.05) is 29.2 Å². The second kappa shape index (κ2) is 5.90. The van der Waals surface area contributed by atoms with Gasteiger partial charge in [0.25, 0.3) is 0 Å². The van der Waals surface area contributed by atoms with Crippen LogP contribution in [0.25, 0.3) is 16.6 Å². The highest BCUT2D eigenvalue weighted by Crippen LogP contribution is 2.27. The Morgan fingerprint density at radius 3 is 2.79 bits per heavy atom. The van der Waals surface area contributed by atoms with Gasteiger partial charge in [-0.25, -0.2) is 19.3 Å². The van der Waals surface area contributed by atoms with Crippen molar-refractivity contribution in [2.75, 3.05) is 5.32 Å². The summed E-state index contributed by atoms with van der Waals surface area (Å²) in [7, 11) is 0. The number of anilines is 2. The monoisotopic (exact) mass is 339 g/mol. The van der Waals surface area contributed by atoms with Crippen LogP contribution in [0.2, 0.25) is 5.02 Å². The molecule has 7 heteroatoms. The van der Waals surface area contributed by atoms with Crippen LogP contribution in [0.3, 0.4) is 0 Å². The van der Waals surface area contributed by atoms with Gasteiger partial charge >= 0.3 is 0 Å². The van der Waals surface area contributed by atoms with Gasteiger partial charge in [0.1, 0.15) is 18.0 Å². The summed E-state index contributed by atoms with van der Waals surface area (Å²) in [6.07, 6.45) is 6.78. The van der Waals surface area contributed by atoms with Crippen LogP contribution in [0, 0.1) is 5.82 Å². The van der Waals surface area contributed by atoms with Crippen molar-refractivity contribution in [2.45, 2.75) is 0 Å². The largest absolute Gasteiger partial charge is 0.340 e. The van der Waals surface area contributed by atoms with Crippen molar-refractivity contribution in [3.63, 3.8) is 0 Å². The second-order valence-corrected chi connectivity index (χ2v) is 5.55. The zero-order valence-electron chi connectivity index (χ0n) is 12.3. The fourth-order valence-corrected chi connectivity index (χ4v) is 2.61. The number of fused-ring (bicyclic) bond motifs is 1. The topological polar surface area (TPSA) is 55.6 Å². The van der Waals surface area contributed by atoms with Crippen LogP contribution in [0.5, 0.6) is 0 Å². The van der Waals surface area contributed by atoms with Crippen molar-refractivity contribution in [1.82, 2.24) is 19.5 Å². The van der Waals surface area contributed by atoms with E-state index in [0.29, 0.717) is 11.5 Å². The standard InChI is InChI=1S/C17H11ClFN5/c18-14-7-11(1-4-15(14)19)23-17-13-3-2-12(24-6-5-20-10-24)8-16(13)21-9-22-17/h1-10H,(H,21,22,23). The maximum Gasteiger partial charge on any atom is 0.141 e. The van der Waals surface area contributed by atoms with E-state index >= 15 is 0 Å². The van der Waals surface area contributed by atoms with Gasteiger partial charge in [0.15, 0.2) is 0 Å². The van der Waals surface area contributed by atoms with Gasteiger partial charge in [-0.05, 0) is 36.4 Å². The van der Waals surface area contributed by atoms with Crippen molar-refractivity contribution in [2.24, 2.45) is 0 Å². The first-order valence-corrected chi connectivity index (χ1v) is 7.54. The van der Waals surface area contributed by atoms with Crippen LogP contribution in [0.4, 0.5) is 15.9 Å². The Balaban J connectivity index is 1.74. The number of benzene rings is 2. The Hall–Kier alpha value is -2.99. The van der Waals surface area contributed by atoms with Gasteiger partial charge in [0.05, 0.1) is 16.9 Å². The first kappa shape index (κ1) is 14.6. The Morgan fingerprint density at radius 2 is 2.00 bits per heavy atom. The third kappa shape index (κ3) is 2.68. The summed E-state index contributed by atoms with van der Waals surface area (Å²) >= 11 is 5.82. The molecule has 0 aliphatic heterocycles. The van der Waals surface area contributed by atoms with Gasteiger partial charge in [-0.2, -0.15) is 0 Å². The van der Waals surface area contributed by atoms with Crippen molar-refractivity contribution < 1.29 is 4.39 Å². The molecule has 2 heterocycles. The summed E-state index contributed by atoms with van der Waals surface area (Å²) in [5.41, 5.74) is 2.39. The SMILES string of the molecule is Fc1ccc(Nc2ncnc3cc(-n4ccnc4)ccc23)cc1Cl. The molecule has 0 unspecified atom stereocenters. The second-order valence-electron chi connectivity index (χ2n) is 5.15. The number of halogens is 2. The molecule has 0 bridgehead atoms. The van der Waals surface area contributed by atoms with Crippen LogP contribution < -0.4 is 5.32 Å². The number of nitrogens with zero attached hydrogens (tertiary/aromatic N) is 4. The highest BCUT2D eigenvalue weighted by atomic mass is 35.5. The molecule has 2 aromatic carbocycles. The predicted molar refractivity (Wildman–Crippen MR) is 91.4 cm³/mol. The zero-order valence-corrected chi connectivity index (χ0v) is 13.1. The van der Waals surface area contributed by atoms with Crippen LogP contribution in [0.15, 0.2) is 61.4 Å². The van der Waals surface area contributed by atoms with E-state index in [2.05, 4.69) is 20.3 Å². The fourth-order valence-electron chi connectivity index (χ4n) is 2.43. The van der Waals surface area contributed by atoms with Crippen LogP contribution >= 0.6 is 11.6 Å². The van der Waals surface area contributed by atoms with Crippen molar-refractivity contribution in [3.8, 4) is 5.69 Å². The smallest absolute Gasteiger partial charge is 0.141 e. The summed E-state index contributed by atoms with van der Waals surface area (Å²) in [5.74, 6) is 0.166. The Kier molecular flexibility index (Phi) is 3.59. The lowest BCUT2D eigenvalue weighted by atomic mass is 10.2. The van der Waals surface area contributed by atoms with Gasteiger partial charge in [-0.3, -0.25) is 0 Å². The van der Waals surface area contributed by atoms with Gasteiger partial charge < -0.3 is 9.88 Å². The summed E-state index contributed by atoms with van der Waals surface area (Å²) < 4.78 is 15.2. The molecule has 0 saturated heterocycles. The van der Waals surface area contributed by atoms with Crippen molar-refractivity contribution in [1.29, 1.82) is 0 Å². The van der Waals surface area contributed by atoms with E-state index in [0.717, 1.165) is 16.6 Å². The summed E-state index contributed by atoms with van der Waals surface area (Å²) in [6, 6.07) is 10.3. The van der Waals surface area contributed by atoms with Crippen LogP contribution in [0.1, 0.15) is 0 Å². The minimum atomic E-state index is -0.459. The van der Waals surface area contributed by atoms with E-state index in [1.54, 1.807) is 18.6 Å². The molecule has 24 heavy (non-hydrogen) atoms. The number of imidazole rings is 1. The van der Waals surface area contributed by atoms with Gasteiger partial charge in [-0.15, -0.1) is 0 Å². The molecule has 4 rings (SSSR count). The molecule has 0 spiro atoms. The van der Waals surface area contributed by atoms with E-state index in [1.807, 2.05) is 29.0 Å². The third-order valence-electron chi connectivity index (χ3n) is 3.60. The highest BCUT2D eigenvalue weighted by molar-refractivity contribution is 6.31. The van der Waals surface area contributed by atoms with Crippen LogP contribution in [-0.4, -0.2) is 19.5 Å². The van der Waals surface area contributed by atoms with Gasteiger partial charge in [-0.1, -0.05) is 11.6 Å². The maximum absolute atomic E-state index is 13.3. The molecule has 5 nitrogen and oxygen atoms in total. The van der Waals surface area contributed by atoms with E-state index in [-0.39, 0.29) is 5.02 Å². The summed E-state index contributed by atoms with van der Waals surface area (Å²) in [6.45, 7) is 0. The number of nitrogens with one attached hydrogen (secondary N) is 1. The Morgan fingerprint density at radius 1 is 1.08 bits per heavy atom. The normalized spacial score (nSPS) is 10.9. The minimum absolute atomic E-state index is 0.0563. The number of rotatable bonds is 3. The molecule has 0 aliphatic carbocycles. The molecule has 0 atom stereocenters. The lowest BCUT2D eigenvalue weighted by Crippen LogP contribution is -1.97. The summed E-state index contributed by atoms with van der Waals surface area (Å²) in [4.78, 5) is 12.6. The molecule has 1 N–H and O–H groups in total. The fraction of sp³-hybridized carbons (Fsp3) is 0. The van der Waals surface area contributed by atoms with E-state index in [1.165, 1.54) is 18.5 Å².